The molecule has 0 fully saturated rings. The molecule has 1 aliphatic heterocycles. The zero-order valence-corrected chi connectivity index (χ0v) is 18.4. The molecule has 3 heteroatoms. The van der Waals surface area contributed by atoms with Crippen LogP contribution in [0.4, 0.5) is 5.69 Å². The summed E-state index contributed by atoms with van der Waals surface area (Å²) < 4.78 is 0. The van der Waals surface area contributed by atoms with Crippen LogP contribution in [0.1, 0.15) is 67.4 Å². The molecule has 148 valence electrons. The van der Waals surface area contributed by atoms with E-state index in [0.29, 0.717) is 0 Å². The summed E-state index contributed by atoms with van der Waals surface area (Å²) in [7, 11) is 1.83. The minimum absolute atomic E-state index is 0.0616. The van der Waals surface area contributed by atoms with Crippen molar-refractivity contribution in [2.75, 3.05) is 12.4 Å². The van der Waals surface area contributed by atoms with E-state index in [-0.39, 0.29) is 11.9 Å². The Balaban J connectivity index is 0. The van der Waals surface area contributed by atoms with Gasteiger partial charge in [0.2, 0.25) is 5.91 Å². The Bertz CT molecular complexity index is 608. The van der Waals surface area contributed by atoms with Crippen LogP contribution in [-0.4, -0.2) is 19.0 Å². The number of carbonyl (C=O) groups excluding carboxylic acids is 1. The summed E-state index contributed by atoms with van der Waals surface area (Å²) in [6.45, 7) is 16.0. The van der Waals surface area contributed by atoms with E-state index in [9.17, 15) is 4.79 Å². The number of aryl methyl sites for hydroxylation is 1. The maximum atomic E-state index is 12.0. The molecule has 0 aromatic heterocycles. The molecule has 0 bridgehead atoms. The normalized spacial score (nSPS) is 14.2. The lowest BCUT2D eigenvalue weighted by Crippen LogP contribution is -2.37. The summed E-state index contributed by atoms with van der Waals surface area (Å²) in [6.07, 6.45) is 1.75. The number of fused-ring (bicyclic) bond motifs is 3. The largest absolute Gasteiger partial charge is 0.324 e. The number of likely N-dealkylation sites (N-methyl/N-ethyl adjacent to an activating group) is 1. The van der Waals surface area contributed by atoms with Gasteiger partial charge in [-0.3, -0.25) is 4.79 Å². The molecule has 2 aromatic carbocycles. The predicted octanol–water partition coefficient (Wildman–Crippen LogP) is 6.42. The third-order valence-electron chi connectivity index (χ3n) is 3.65. The highest BCUT2D eigenvalue weighted by atomic mass is 16.2. The fraction of sp³-hybridized carbons (Fsp3) is 0.522. The van der Waals surface area contributed by atoms with Crippen molar-refractivity contribution >= 4 is 22.4 Å². The van der Waals surface area contributed by atoms with Gasteiger partial charge in [0.25, 0.3) is 0 Å². The van der Waals surface area contributed by atoms with Crippen LogP contribution in [0.2, 0.25) is 0 Å². The molecule has 1 unspecified atom stereocenters. The summed E-state index contributed by atoms with van der Waals surface area (Å²) in [4.78, 5) is 12.0. The van der Waals surface area contributed by atoms with Gasteiger partial charge in [0.15, 0.2) is 0 Å². The molecule has 26 heavy (non-hydrogen) atoms. The predicted molar refractivity (Wildman–Crippen MR) is 119 cm³/mol. The summed E-state index contributed by atoms with van der Waals surface area (Å²) in [5, 5.41) is 8.55. The quantitative estimate of drug-likeness (QED) is 0.616. The first kappa shape index (κ1) is 26.4. The molecule has 0 spiro atoms. The number of nitrogens with one attached hydrogen (secondary N) is 2. The van der Waals surface area contributed by atoms with Gasteiger partial charge in [-0.1, -0.05) is 85.7 Å². The van der Waals surface area contributed by atoms with E-state index < -0.39 is 0 Å². The van der Waals surface area contributed by atoms with Crippen LogP contribution in [0.15, 0.2) is 36.4 Å². The molecule has 3 nitrogen and oxygen atoms in total. The number of carbonyl (C=O) groups is 1. The first-order chi connectivity index (χ1) is 12.8. The van der Waals surface area contributed by atoms with Crippen LogP contribution in [0, 0.1) is 0 Å². The monoisotopic (exact) mass is 360 g/mol. The summed E-state index contributed by atoms with van der Waals surface area (Å²) in [5.74, 6) is 0.0616. The van der Waals surface area contributed by atoms with E-state index in [4.69, 9.17) is 0 Å². The molecule has 1 aliphatic rings. The van der Waals surface area contributed by atoms with E-state index in [0.717, 1.165) is 18.5 Å². The van der Waals surface area contributed by atoms with Crippen molar-refractivity contribution in [2.45, 2.75) is 74.3 Å². The fourth-order valence-electron chi connectivity index (χ4n) is 2.64. The Morgan fingerprint density at radius 1 is 0.885 bits per heavy atom. The molecule has 0 saturated carbocycles. The minimum atomic E-state index is -0.101. The van der Waals surface area contributed by atoms with Crippen molar-refractivity contribution in [3.63, 3.8) is 0 Å². The summed E-state index contributed by atoms with van der Waals surface area (Å²) in [6, 6.07) is 12.3. The smallest absolute Gasteiger partial charge is 0.241 e. The summed E-state index contributed by atoms with van der Waals surface area (Å²) >= 11 is 0. The Kier molecular flexibility index (Phi) is 16.8. The highest BCUT2D eigenvalue weighted by Crippen LogP contribution is 2.29. The van der Waals surface area contributed by atoms with Gasteiger partial charge in [-0.2, -0.15) is 0 Å². The number of amides is 1. The van der Waals surface area contributed by atoms with Gasteiger partial charge in [-0.15, -0.1) is 0 Å². The van der Waals surface area contributed by atoms with Crippen molar-refractivity contribution < 1.29 is 4.79 Å². The number of anilines is 1. The Morgan fingerprint density at radius 2 is 1.46 bits per heavy atom. The van der Waals surface area contributed by atoms with Crippen molar-refractivity contribution in [2.24, 2.45) is 0 Å². The second kappa shape index (κ2) is 16.6. The van der Waals surface area contributed by atoms with Gasteiger partial charge in [-0.25, -0.2) is 0 Å². The third-order valence-corrected chi connectivity index (χ3v) is 3.65. The van der Waals surface area contributed by atoms with Crippen LogP contribution in [0.25, 0.3) is 10.8 Å². The average Bonchev–Trinajstić information content (AvgIpc) is 2.92. The van der Waals surface area contributed by atoms with Crippen molar-refractivity contribution in [3.05, 3.63) is 42.0 Å². The standard InChI is InChI=1S/C15H16N2O.4C2H6/c1-16-14-9-7-12-11-5-3-2-4-10(11)6-8-13(12)17-15(14)18;4*1-2/h2-6,8,14,16H,7,9H2,1H3,(H,17,18);4*1-2H3. The Labute approximate surface area is 161 Å². The lowest BCUT2D eigenvalue weighted by Gasteiger charge is -2.11. The highest BCUT2D eigenvalue weighted by Gasteiger charge is 2.22. The maximum Gasteiger partial charge on any atom is 0.241 e. The van der Waals surface area contributed by atoms with Gasteiger partial charge in [0.1, 0.15) is 0 Å². The SMILES string of the molecule is CC.CC.CC.CC.CNC1CCc2c(ccc3ccccc23)NC1=O. The van der Waals surface area contributed by atoms with Crippen LogP contribution in [-0.2, 0) is 11.2 Å². The second-order valence-corrected chi connectivity index (χ2v) is 4.68. The van der Waals surface area contributed by atoms with Gasteiger partial charge < -0.3 is 10.6 Å². The molecule has 1 amide bonds. The van der Waals surface area contributed by atoms with Crippen LogP contribution < -0.4 is 10.6 Å². The molecule has 1 heterocycles. The third kappa shape index (κ3) is 7.17. The van der Waals surface area contributed by atoms with Gasteiger partial charge in [0.05, 0.1) is 6.04 Å². The van der Waals surface area contributed by atoms with Gasteiger partial charge >= 0.3 is 0 Å². The molecular weight excluding hydrogens is 320 g/mol. The first-order valence-corrected chi connectivity index (χ1v) is 10.3. The molecular formula is C23H40N2O. The van der Waals surface area contributed by atoms with Gasteiger partial charge in [-0.05, 0) is 42.3 Å². The van der Waals surface area contributed by atoms with Crippen LogP contribution in [0.3, 0.4) is 0 Å². The van der Waals surface area contributed by atoms with Crippen molar-refractivity contribution in [1.82, 2.24) is 5.32 Å². The first-order valence-electron chi connectivity index (χ1n) is 10.3. The lowest BCUT2D eigenvalue weighted by atomic mass is 9.98. The zero-order valence-electron chi connectivity index (χ0n) is 18.4. The molecule has 0 aliphatic carbocycles. The number of hydrogen-bond acceptors (Lipinski definition) is 2. The van der Waals surface area contributed by atoms with E-state index in [1.54, 1.807) is 0 Å². The molecule has 1 atom stereocenters. The van der Waals surface area contributed by atoms with E-state index in [2.05, 4.69) is 28.8 Å². The van der Waals surface area contributed by atoms with E-state index >= 15 is 0 Å². The zero-order chi connectivity index (χ0) is 20.5. The lowest BCUT2D eigenvalue weighted by molar-refractivity contribution is -0.118. The molecule has 0 radical (unpaired) electrons. The van der Waals surface area contributed by atoms with Crippen LogP contribution >= 0.6 is 0 Å². The molecule has 2 N–H and O–H groups in total. The van der Waals surface area contributed by atoms with Crippen molar-refractivity contribution in [1.29, 1.82) is 0 Å². The highest BCUT2D eigenvalue weighted by molar-refractivity contribution is 6.00. The molecule has 3 rings (SSSR count). The topological polar surface area (TPSA) is 41.1 Å². The number of benzene rings is 2. The summed E-state index contributed by atoms with van der Waals surface area (Å²) in [5.41, 5.74) is 2.20. The Hall–Kier alpha value is -1.87. The number of rotatable bonds is 1. The van der Waals surface area contributed by atoms with Crippen molar-refractivity contribution in [3.8, 4) is 0 Å². The van der Waals surface area contributed by atoms with Gasteiger partial charge in [0, 0.05) is 5.69 Å². The molecule has 2 aromatic rings. The molecule has 0 saturated heterocycles. The average molecular weight is 361 g/mol. The van der Waals surface area contributed by atoms with Crippen LogP contribution in [0.5, 0.6) is 0 Å². The Morgan fingerprint density at radius 3 is 2.04 bits per heavy atom. The minimum Gasteiger partial charge on any atom is -0.324 e. The van der Waals surface area contributed by atoms with E-state index in [1.165, 1.54) is 16.3 Å². The van der Waals surface area contributed by atoms with E-state index in [1.807, 2.05) is 80.6 Å². The maximum absolute atomic E-state index is 12.0. The number of hydrogen-bond donors (Lipinski definition) is 2. The second-order valence-electron chi connectivity index (χ2n) is 4.68. The fourth-order valence-corrected chi connectivity index (χ4v) is 2.64.